The van der Waals surface area contributed by atoms with Crippen molar-refractivity contribution in [1.82, 2.24) is 0 Å². The van der Waals surface area contributed by atoms with Gasteiger partial charge in [-0.2, -0.15) is 0 Å². The summed E-state index contributed by atoms with van der Waals surface area (Å²) in [5.41, 5.74) is 0.990. The summed E-state index contributed by atoms with van der Waals surface area (Å²) in [6, 6.07) is 21.9. The first kappa shape index (κ1) is 18.0. The van der Waals surface area contributed by atoms with Gasteiger partial charge < -0.3 is 0 Å². The molecule has 0 aromatic heterocycles. The third-order valence-corrected chi connectivity index (χ3v) is 6.27. The summed E-state index contributed by atoms with van der Waals surface area (Å²) < 4.78 is 39.5. The number of benzene rings is 3. The molecule has 0 aliphatic carbocycles. The highest BCUT2D eigenvalue weighted by Gasteiger charge is 2.31. The number of Topliss-reactive ketones (excluding diaryl/α,β-unsaturated/α-hetero) is 1. The molecule has 0 saturated heterocycles. The van der Waals surface area contributed by atoms with Gasteiger partial charge in [0.25, 0.3) is 0 Å². The second-order valence-corrected chi connectivity index (χ2v) is 8.02. The van der Waals surface area contributed by atoms with Crippen LogP contribution in [0.25, 0.3) is 0 Å². The van der Waals surface area contributed by atoms with Gasteiger partial charge in [-0.1, -0.05) is 60.7 Å². The van der Waals surface area contributed by atoms with Crippen molar-refractivity contribution in [2.45, 2.75) is 16.6 Å². The normalized spacial score (nSPS) is 12.5. The van der Waals surface area contributed by atoms with E-state index in [1.165, 1.54) is 12.1 Å². The molecule has 0 N–H and O–H groups in total. The molecular weight excluding hydrogens is 351 g/mol. The van der Waals surface area contributed by atoms with Crippen molar-refractivity contribution >= 4 is 15.6 Å². The highest BCUT2D eigenvalue weighted by atomic mass is 32.2. The fraction of sp³-hybridized carbons (Fsp3) is 0.0952. The Bertz CT molecular complexity index is 982. The van der Waals surface area contributed by atoms with Crippen molar-refractivity contribution in [1.29, 1.82) is 0 Å². The van der Waals surface area contributed by atoms with Crippen LogP contribution in [0.15, 0.2) is 89.8 Å². The minimum Gasteiger partial charge on any atom is -0.294 e. The Morgan fingerprint density at radius 3 is 1.92 bits per heavy atom. The van der Waals surface area contributed by atoms with Crippen LogP contribution in [-0.4, -0.2) is 14.2 Å². The van der Waals surface area contributed by atoms with E-state index in [1.54, 1.807) is 60.7 Å². The highest BCUT2D eigenvalue weighted by Crippen LogP contribution is 2.33. The third kappa shape index (κ3) is 3.89. The molecule has 0 amide bonds. The van der Waals surface area contributed by atoms with Crippen LogP contribution in [0.5, 0.6) is 0 Å². The molecule has 0 fully saturated rings. The van der Waals surface area contributed by atoms with Gasteiger partial charge >= 0.3 is 0 Å². The third-order valence-electron chi connectivity index (χ3n) is 4.15. The SMILES string of the molecule is O=C(C[C@H](c1ccccc1)S(=O)(=O)c1ccc(F)cc1)c1ccccc1. The molecule has 0 aliphatic heterocycles. The lowest BCUT2D eigenvalue weighted by Crippen LogP contribution is -2.18. The van der Waals surface area contributed by atoms with Crippen molar-refractivity contribution in [3.05, 3.63) is 102 Å². The second kappa shape index (κ2) is 7.62. The van der Waals surface area contributed by atoms with Crippen molar-refractivity contribution in [3.8, 4) is 0 Å². The second-order valence-electron chi connectivity index (χ2n) is 5.89. The smallest absolute Gasteiger partial charge is 0.185 e. The standard InChI is InChI=1S/C21H17FO3S/c22-18-11-13-19(14-12-18)26(24,25)21(17-9-5-2-6-10-17)15-20(23)16-7-3-1-4-8-16/h1-14,21H,15H2/t21-/m1/s1. The average molecular weight is 368 g/mol. The Morgan fingerprint density at radius 1 is 0.808 bits per heavy atom. The lowest BCUT2D eigenvalue weighted by Gasteiger charge is -2.18. The molecule has 0 heterocycles. The van der Waals surface area contributed by atoms with Gasteiger partial charge in [0.1, 0.15) is 5.82 Å². The molecule has 0 aliphatic rings. The van der Waals surface area contributed by atoms with E-state index < -0.39 is 20.9 Å². The summed E-state index contributed by atoms with van der Waals surface area (Å²) in [5, 5.41) is -1.04. The lowest BCUT2D eigenvalue weighted by atomic mass is 10.0. The summed E-state index contributed by atoms with van der Waals surface area (Å²) >= 11 is 0. The van der Waals surface area contributed by atoms with Crippen LogP contribution >= 0.6 is 0 Å². The number of hydrogen-bond donors (Lipinski definition) is 0. The Hall–Kier alpha value is -2.79. The molecule has 132 valence electrons. The minimum absolute atomic E-state index is 0.00591. The topological polar surface area (TPSA) is 51.2 Å². The largest absolute Gasteiger partial charge is 0.294 e. The Balaban J connectivity index is 2.01. The Morgan fingerprint density at radius 2 is 1.35 bits per heavy atom. The number of halogens is 1. The zero-order valence-corrected chi connectivity index (χ0v) is 14.7. The van der Waals surface area contributed by atoms with Gasteiger partial charge in [-0.05, 0) is 29.8 Å². The first-order chi connectivity index (χ1) is 12.5. The number of carbonyl (C=O) groups is 1. The number of carbonyl (C=O) groups excluding carboxylic acids is 1. The fourth-order valence-electron chi connectivity index (χ4n) is 2.77. The van der Waals surface area contributed by atoms with Crippen molar-refractivity contribution in [2.75, 3.05) is 0 Å². The molecule has 5 heteroatoms. The van der Waals surface area contributed by atoms with Gasteiger partial charge in [-0.3, -0.25) is 4.79 Å². The molecule has 3 aromatic rings. The van der Waals surface area contributed by atoms with Crippen molar-refractivity contribution < 1.29 is 17.6 Å². The molecule has 26 heavy (non-hydrogen) atoms. The molecular formula is C21H17FO3S. The van der Waals surface area contributed by atoms with Crippen molar-refractivity contribution in [2.24, 2.45) is 0 Å². The number of hydrogen-bond acceptors (Lipinski definition) is 3. The predicted molar refractivity (Wildman–Crippen MR) is 98.2 cm³/mol. The van der Waals surface area contributed by atoms with E-state index in [-0.39, 0.29) is 17.1 Å². The van der Waals surface area contributed by atoms with Crippen LogP contribution in [0.1, 0.15) is 27.6 Å². The van der Waals surface area contributed by atoms with E-state index >= 15 is 0 Å². The van der Waals surface area contributed by atoms with Crippen molar-refractivity contribution in [3.63, 3.8) is 0 Å². The predicted octanol–water partition coefficient (Wildman–Crippen LogP) is 4.61. The Kier molecular flexibility index (Phi) is 5.28. The summed E-state index contributed by atoms with van der Waals surface area (Å²) in [6.45, 7) is 0. The molecule has 1 atom stereocenters. The molecule has 0 unspecified atom stereocenters. The van der Waals surface area contributed by atoms with Crippen LogP contribution < -0.4 is 0 Å². The van der Waals surface area contributed by atoms with Gasteiger partial charge in [0.15, 0.2) is 15.6 Å². The summed E-state index contributed by atoms with van der Waals surface area (Å²) in [7, 11) is -3.86. The van der Waals surface area contributed by atoms with E-state index in [9.17, 15) is 17.6 Å². The van der Waals surface area contributed by atoms with Crippen LogP contribution in [0.3, 0.4) is 0 Å². The van der Waals surface area contributed by atoms with E-state index in [0.29, 0.717) is 11.1 Å². The van der Waals surface area contributed by atoms with Crippen LogP contribution in [0, 0.1) is 5.82 Å². The first-order valence-corrected chi connectivity index (χ1v) is 9.66. The Labute approximate surface area is 152 Å². The zero-order valence-electron chi connectivity index (χ0n) is 13.9. The maximum absolute atomic E-state index is 13.2. The van der Waals surface area contributed by atoms with Crippen LogP contribution in [0.4, 0.5) is 4.39 Å². The van der Waals surface area contributed by atoms with Crippen LogP contribution in [0.2, 0.25) is 0 Å². The summed E-state index contributed by atoms with van der Waals surface area (Å²) in [6.07, 6.45) is -0.187. The number of sulfone groups is 1. The van der Waals surface area contributed by atoms with E-state index in [0.717, 1.165) is 12.1 Å². The monoisotopic (exact) mass is 368 g/mol. The maximum atomic E-state index is 13.2. The summed E-state index contributed by atoms with van der Waals surface area (Å²) in [4.78, 5) is 12.6. The molecule has 3 rings (SSSR count). The first-order valence-electron chi connectivity index (χ1n) is 8.11. The molecule has 0 saturated carbocycles. The highest BCUT2D eigenvalue weighted by molar-refractivity contribution is 7.91. The zero-order chi connectivity index (χ0) is 18.6. The minimum atomic E-state index is -3.86. The van der Waals surface area contributed by atoms with Gasteiger partial charge in [-0.25, -0.2) is 12.8 Å². The maximum Gasteiger partial charge on any atom is 0.185 e. The lowest BCUT2D eigenvalue weighted by molar-refractivity contribution is 0.0980. The molecule has 3 aromatic carbocycles. The van der Waals surface area contributed by atoms with Gasteiger partial charge in [0.2, 0.25) is 0 Å². The van der Waals surface area contributed by atoms with Gasteiger partial charge in [-0.15, -0.1) is 0 Å². The molecule has 3 nitrogen and oxygen atoms in total. The van der Waals surface area contributed by atoms with Gasteiger partial charge in [0.05, 0.1) is 10.1 Å². The van der Waals surface area contributed by atoms with Gasteiger partial charge in [0, 0.05) is 12.0 Å². The van der Waals surface area contributed by atoms with E-state index in [2.05, 4.69) is 0 Å². The van der Waals surface area contributed by atoms with E-state index in [4.69, 9.17) is 0 Å². The molecule has 0 radical (unpaired) electrons. The average Bonchev–Trinajstić information content (AvgIpc) is 2.67. The molecule has 0 spiro atoms. The molecule has 0 bridgehead atoms. The summed E-state index contributed by atoms with van der Waals surface area (Å²) in [5.74, 6) is -0.772. The van der Waals surface area contributed by atoms with E-state index in [1.807, 2.05) is 0 Å². The fourth-order valence-corrected chi connectivity index (χ4v) is 4.50. The van der Waals surface area contributed by atoms with Crippen LogP contribution in [-0.2, 0) is 9.84 Å². The quantitative estimate of drug-likeness (QED) is 0.471. The number of rotatable bonds is 6. The number of ketones is 1.